The smallest absolute Gasteiger partial charge is 0.258 e. The van der Waals surface area contributed by atoms with Gasteiger partial charge < -0.3 is 30.7 Å². The van der Waals surface area contributed by atoms with E-state index in [1.165, 1.54) is 68.8 Å². The Balaban J connectivity index is 1.26. The van der Waals surface area contributed by atoms with E-state index in [1.54, 1.807) is 36.4 Å². The SMILES string of the molecule is COc1cc(CCl)ccc1NC(=O)c1cccc(N=NC(C(C)=O)C(=O)Nc2ccc(NC(=O)C(N=Nc3cccc(C(=O)Nc4ccc(CCl)cc4OC)c3Cl)C(C)=O)c(CCl)c2)c1Cl. The summed E-state index contributed by atoms with van der Waals surface area (Å²) in [5, 5.41) is 26.4. The first kappa shape index (κ1) is 50.6. The summed E-state index contributed by atoms with van der Waals surface area (Å²) in [7, 11) is 2.89. The van der Waals surface area contributed by atoms with Crippen LogP contribution in [0.1, 0.15) is 51.3 Å². The highest BCUT2D eigenvalue weighted by Gasteiger charge is 2.27. The van der Waals surface area contributed by atoms with Gasteiger partial charge in [-0.05, 0) is 97.3 Å². The molecule has 0 saturated heterocycles. The molecule has 0 aliphatic rings. The van der Waals surface area contributed by atoms with Crippen LogP contribution in [0.25, 0.3) is 0 Å². The summed E-state index contributed by atoms with van der Waals surface area (Å²) >= 11 is 31.1. The Morgan fingerprint density at radius 2 is 0.985 bits per heavy atom. The summed E-state index contributed by atoms with van der Waals surface area (Å²) in [5.41, 5.74) is 3.02. The number of methoxy groups -OCH3 is 2. The van der Waals surface area contributed by atoms with Crippen LogP contribution in [0.5, 0.6) is 11.5 Å². The third kappa shape index (κ3) is 12.7. The van der Waals surface area contributed by atoms with Crippen LogP contribution < -0.4 is 30.7 Å². The van der Waals surface area contributed by atoms with Crippen molar-refractivity contribution in [3.63, 3.8) is 0 Å². The number of rotatable bonds is 19. The number of carbonyl (C=O) groups excluding carboxylic acids is 6. The summed E-state index contributed by atoms with van der Waals surface area (Å²) in [6.07, 6.45) is 0. The van der Waals surface area contributed by atoms with E-state index in [0.29, 0.717) is 28.4 Å². The Morgan fingerprint density at radius 1 is 0.545 bits per heavy atom. The molecule has 5 aromatic rings. The zero-order valence-electron chi connectivity index (χ0n) is 35.4. The lowest BCUT2D eigenvalue weighted by atomic mass is 10.1. The number of anilines is 4. The van der Waals surface area contributed by atoms with E-state index in [1.807, 2.05) is 0 Å². The fourth-order valence-electron chi connectivity index (χ4n) is 5.96. The maximum absolute atomic E-state index is 13.4. The normalized spacial score (nSPS) is 12.0. The van der Waals surface area contributed by atoms with Crippen LogP contribution in [0.15, 0.2) is 111 Å². The highest BCUT2D eigenvalue weighted by Crippen LogP contribution is 2.34. The maximum atomic E-state index is 13.4. The minimum absolute atomic E-state index is 0.00370. The molecular weight excluding hydrogens is 958 g/mol. The molecule has 342 valence electrons. The number of carbonyl (C=O) groups is 6. The number of nitrogens with zero attached hydrogens (tertiary/aromatic N) is 4. The van der Waals surface area contributed by atoms with Gasteiger partial charge in [0.2, 0.25) is 12.1 Å². The van der Waals surface area contributed by atoms with Crippen molar-refractivity contribution in [3.8, 4) is 11.5 Å². The van der Waals surface area contributed by atoms with Crippen LogP contribution in [0.3, 0.4) is 0 Å². The van der Waals surface area contributed by atoms with Gasteiger partial charge >= 0.3 is 0 Å². The Kier molecular flexibility index (Phi) is 18.1. The molecule has 4 amide bonds. The van der Waals surface area contributed by atoms with E-state index in [0.717, 1.165) is 25.0 Å². The lowest BCUT2D eigenvalue weighted by molar-refractivity contribution is -0.127. The van der Waals surface area contributed by atoms with E-state index < -0.39 is 47.3 Å². The van der Waals surface area contributed by atoms with Gasteiger partial charge in [-0.1, -0.05) is 47.5 Å². The molecule has 66 heavy (non-hydrogen) atoms. The van der Waals surface area contributed by atoms with Crippen molar-refractivity contribution in [1.82, 2.24) is 0 Å². The van der Waals surface area contributed by atoms with Gasteiger partial charge in [0.15, 0.2) is 11.6 Å². The molecule has 0 aliphatic carbocycles. The van der Waals surface area contributed by atoms with Gasteiger partial charge in [0.1, 0.15) is 22.9 Å². The van der Waals surface area contributed by atoms with Crippen LogP contribution >= 0.6 is 58.0 Å². The van der Waals surface area contributed by atoms with Crippen LogP contribution in [-0.2, 0) is 36.8 Å². The first-order chi connectivity index (χ1) is 31.6. The van der Waals surface area contributed by atoms with Gasteiger partial charge in [-0.25, -0.2) is 0 Å². The minimum Gasteiger partial charge on any atom is -0.495 e. The maximum Gasteiger partial charge on any atom is 0.258 e. The number of hydrogen-bond acceptors (Lipinski definition) is 12. The average Bonchev–Trinajstić information content (AvgIpc) is 3.30. The van der Waals surface area contributed by atoms with Crippen molar-refractivity contribution in [2.75, 3.05) is 35.5 Å². The summed E-state index contributed by atoms with van der Waals surface area (Å²) in [5.74, 6) is -3.16. The van der Waals surface area contributed by atoms with Crippen molar-refractivity contribution in [1.29, 1.82) is 0 Å². The van der Waals surface area contributed by atoms with Gasteiger partial charge in [-0.2, -0.15) is 20.5 Å². The molecule has 0 aromatic heterocycles. The number of amides is 4. The number of benzene rings is 5. The van der Waals surface area contributed by atoms with Gasteiger partial charge in [0.05, 0.1) is 46.8 Å². The van der Waals surface area contributed by atoms with E-state index in [2.05, 4.69) is 41.7 Å². The largest absolute Gasteiger partial charge is 0.495 e. The van der Waals surface area contributed by atoms with E-state index in [9.17, 15) is 28.8 Å². The van der Waals surface area contributed by atoms with Crippen molar-refractivity contribution < 1.29 is 38.2 Å². The second-order valence-electron chi connectivity index (χ2n) is 14.0. The number of alkyl halides is 3. The molecule has 21 heteroatoms. The predicted molar refractivity (Wildman–Crippen MR) is 255 cm³/mol. The molecule has 2 atom stereocenters. The monoisotopic (exact) mass is 994 g/mol. The standard InChI is InChI=1S/C45H39Cl5N8O8/c1-23(59)40(57-55-34-9-5-7-29(38(34)49)42(61)53-32-14-11-25(20-46)17-36(32)65-3)44(63)51-28-13-16-31(27(19-28)22-48)52-45(64)41(24(2)60)58-56-35-10-6-8-30(39(35)50)43(62)54-33-15-12-26(21-47)18-37(33)66-4/h5-19,40-41H,20-22H2,1-4H3,(H,51,63)(H,52,64)(H,53,61)(H,54,62). The minimum atomic E-state index is -1.65. The number of halogens is 5. The lowest BCUT2D eigenvalue weighted by Crippen LogP contribution is -2.32. The van der Waals surface area contributed by atoms with Crippen molar-refractivity contribution in [3.05, 3.63) is 129 Å². The van der Waals surface area contributed by atoms with Gasteiger partial charge in [-0.15, -0.1) is 34.8 Å². The third-order valence-corrected chi connectivity index (χ3v) is 11.1. The average molecular weight is 997 g/mol. The molecule has 0 radical (unpaired) electrons. The highest BCUT2D eigenvalue weighted by molar-refractivity contribution is 6.37. The van der Waals surface area contributed by atoms with Gasteiger partial charge in [0.25, 0.3) is 23.6 Å². The fourth-order valence-corrected chi connectivity index (χ4v) is 7.01. The second-order valence-corrected chi connectivity index (χ2v) is 15.5. The Hall–Kier alpha value is -6.43. The van der Waals surface area contributed by atoms with Crippen LogP contribution in [0.2, 0.25) is 10.0 Å². The molecule has 0 heterocycles. The van der Waals surface area contributed by atoms with E-state index >= 15 is 0 Å². The first-order valence-electron chi connectivity index (χ1n) is 19.4. The highest BCUT2D eigenvalue weighted by atomic mass is 35.5. The summed E-state index contributed by atoms with van der Waals surface area (Å²) in [6.45, 7) is 2.29. The zero-order chi connectivity index (χ0) is 48.1. The molecule has 2 unspecified atom stereocenters. The fraction of sp³-hybridized carbons (Fsp3) is 0.200. The molecule has 0 bridgehead atoms. The van der Waals surface area contributed by atoms with E-state index in [4.69, 9.17) is 67.5 Å². The molecule has 16 nitrogen and oxygen atoms in total. The molecule has 5 aromatic carbocycles. The molecule has 0 aliphatic heterocycles. The quantitative estimate of drug-likeness (QED) is 0.0353. The summed E-state index contributed by atoms with van der Waals surface area (Å²) in [6, 6.07) is 19.9. The topological polar surface area (TPSA) is 218 Å². The molecule has 5 rings (SSSR count). The molecular formula is C45H39Cl5N8O8. The summed E-state index contributed by atoms with van der Waals surface area (Å²) < 4.78 is 10.7. The number of ketones is 2. The number of nitrogens with one attached hydrogen (secondary N) is 4. The van der Waals surface area contributed by atoms with Crippen LogP contribution in [-0.4, -0.2) is 61.5 Å². The van der Waals surface area contributed by atoms with Crippen molar-refractivity contribution in [2.24, 2.45) is 20.5 Å². The van der Waals surface area contributed by atoms with Crippen molar-refractivity contribution >= 4 is 127 Å². The zero-order valence-corrected chi connectivity index (χ0v) is 39.2. The molecule has 0 fully saturated rings. The van der Waals surface area contributed by atoms with Crippen molar-refractivity contribution in [2.45, 2.75) is 43.6 Å². The second kappa shape index (κ2) is 23.7. The summed E-state index contributed by atoms with van der Waals surface area (Å²) in [4.78, 5) is 78.5. The van der Waals surface area contributed by atoms with Crippen LogP contribution in [0.4, 0.5) is 34.1 Å². The lowest BCUT2D eigenvalue weighted by Gasteiger charge is -2.15. The predicted octanol–water partition coefficient (Wildman–Crippen LogP) is 11.1. The number of Topliss-reactive ketones (excluding diaryl/α,β-unsaturated/α-hetero) is 2. The number of hydrogen-bond donors (Lipinski definition) is 4. The Labute approximate surface area is 403 Å². The molecule has 4 N–H and O–H groups in total. The Bertz CT molecular complexity index is 2750. The van der Waals surface area contributed by atoms with E-state index in [-0.39, 0.29) is 61.6 Å². The first-order valence-corrected chi connectivity index (χ1v) is 21.8. The molecule has 0 saturated carbocycles. The molecule has 0 spiro atoms. The third-order valence-electron chi connectivity index (χ3n) is 9.39. The number of ether oxygens (including phenoxy) is 2. The Morgan fingerprint density at radius 3 is 1.39 bits per heavy atom. The van der Waals surface area contributed by atoms with Gasteiger partial charge in [-0.3, -0.25) is 28.8 Å². The van der Waals surface area contributed by atoms with Gasteiger partial charge in [0, 0.05) is 29.0 Å². The van der Waals surface area contributed by atoms with Crippen LogP contribution in [0, 0.1) is 0 Å². The number of azo groups is 2.